The van der Waals surface area contributed by atoms with E-state index < -0.39 is 5.82 Å². The smallest absolute Gasteiger partial charge is 0.265 e. The van der Waals surface area contributed by atoms with Crippen molar-refractivity contribution in [3.05, 3.63) is 71.5 Å². The molecule has 6 heteroatoms. The fourth-order valence-electron chi connectivity index (χ4n) is 3.36. The van der Waals surface area contributed by atoms with E-state index in [1.165, 1.54) is 25.2 Å². The lowest BCUT2D eigenvalue weighted by atomic mass is 10.1. The van der Waals surface area contributed by atoms with Gasteiger partial charge in [0.15, 0.2) is 5.82 Å². The third kappa shape index (κ3) is 2.83. The Labute approximate surface area is 162 Å². The van der Waals surface area contributed by atoms with Crippen LogP contribution in [0, 0.1) is 12.7 Å². The summed E-state index contributed by atoms with van der Waals surface area (Å²) in [5.41, 5.74) is 3.00. The van der Waals surface area contributed by atoms with Gasteiger partial charge in [-0.15, -0.1) is 0 Å². The van der Waals surface area contributed by atoms with Crippen molar-refractivity contribution in [2.24, 2.45) is 0 Å². The molecule has 1 heterocycles. The van der Waals surface area contributed by atoms with Gasteiger partial charge in [-0.2, -0.15) is 0 Å². The van der Waals surface area contributed by atoms with E-state index in [1.54, 1.807) is 30.3 Å². The molecule has 0 fully saturated rings. The molecule has 0 unspecified atom stereocenters. The van der Waals surface area contributed by atoms with Gasteiger partial charge in [0.1, 0.15) is 17.2 Å². The number of hydrogen-bond acceptors (Lipinski definition) is 4. The summed E-state index contributed by atoms with van der Waals surface area (Å²) in [5, 5.41) is 3.18. The molecule has 142 valence electrons. The number of halogens is 1. The number of rotatable bonds is 3. The molecule has 0 atom stereocenters. The molecule has 1 N–H and O–H groups in total. The van der Waals surface area contributed by atoms with E-state index in [4.69, 9.17) is 9.47 Å². The van der Waals surface area contributed by atoms with Crippen LogP contribution in [0.4, 0.5) is 27.1 Å². The summed E-state index contributed by atoms with van der Waals surface area (Å²) in [6.07, 6.45) is 0. The highest BCUT2D eigenvalue weighted by Gasteiger charge is 2.32. The summed E-state index contributed by atoms with van der Waals surface area (Å²) >= 11 is 0. The molecule has 0 saturated carbocycles. The van der Waals surface area contributed by atoms with Gasteiger partial charge in [-0.1, -0.05) is 18.2 Å². The van der Waals surface area contributed by atoms with Crippen molar-refractivity contribution < 1.29 is 18.7 Å². The molecule has 3 aromatic carbocycles. The predicted octanol–water partition coefficient (Wildman–Crippen LogP) is 5.19. The van der Waals surface area contributed by atoms with Crippen LogP contribution in [0.2, 0.25) is 0 Å². The quantitative estimate of drug-likeness (QED) is 0.682. The van der Waals surface area contributed by atoms with Crippen molar-refractivity contribution in [3.63, 3.8) is 0 Å². The molecule has 0 saturated heterocycles. The fraction of sp³-hybridized carbons (Fsp3) is 0.136. The van der Waals surface area contributed by atoms with Crippen LogP contribution < -0.4 is 19.7 Å². The molecule has 0 aliphatic carbocycles. The Kier molecular flexibility index (Phi) is 4.39. The van der Waals surface area contributed by atoms with Gasteiger partial charge in [0.2, 0.25) is 0 Å². The van der Waals surface area contributed by atoms with Crippen LogP contribution in [-0.4, -0.2) is 20.1 Å². The summed E-state index contributed by atoms with van der Waals surface area (Å²) in [6.45, 7) is 1.88. The zero-order chi connectivity index (χ0) is 19.8. The number of carbonyl (C=O) groups excluding carboxylic acids is 1. The molecule has 0 aromatic heterocycles. The van der Waals surface area contributed by atoms with E-state index in [0.29, 0.717) is 34.1 Å². The standard InChI is InChI=1S/C22H19FN2O3/c1-13-6-4-5-7-20(13)25-21-17(23)11-15(28-3)12-19(21)24-18-9-8-14(27-2)10-16(18)22(25)26/h4-12,24H,1-3H3. The van der Waals surface area contributed by atoms with E-state index in [-0.39, 0.29) is 11.6 Å². The molecule has 3 aromatic rings. The topological polar surface area (TPSA) is 50.8 Å². The van der Waals surface area contributed by atoms with Crippen molar-refractivity contribution >= 4 is 28.7 Å². The van der Waals surface area contributed by atoms with Gasteiger partial charge in [0, 0.05) is 12.1 Å². The number of hydrogen-bond donors (Lipinski definition) is 1. The SMILES string of the molecule is COc1cc(F)c2c(c1)Nc1ccc(OC)cc1C(=O)N2c1ccccc1C. The second-order valence-electron chi connectivity index (χ2n) is 6.47. The summed E-state index contributed by atoms with van der Waals surface area (Å²) in [6, 6.07) is 15.5. The third-order valence-electron chi connectivity index (χ3n) is 4.78. The Balaban J connectivity index is 2.03. The Hall–Kier alpha value is -3.54. The zero-order valence-corrected chi connectivity index (χ0v) is 15.7. The molecule has 1 aliphatic rings. The van der Waals surface area contributed by atoms with E-state index in [0.717, 1.165) is 5.56 Å². The third-order valence-corrected chi connectivity index (χ3v) is 4.78. The van der Waals surface area contributed by atoms with Gasteiger partial charge in [0.05, 0.1) is 36.8 Å². The molecular weight excluding hydrogens is 359 g/mol. The predicted molar refractivity (Wildman–Crippen MR) is 107 cm³/mol. The Morgan fingerprint density at radius 1 is 0.929 bits per heavy atom. The lowest BCUT2D eigenvalue weighted by Crippen LogP contribution is -2.26. The number of amides is 1. The highest BCUT2D eigenvalue weighted by atomic mass is 19.1. The Morgan fingerprint density at radius 3 is 2.39 bits per heavy atom. The monoisotopic (exact) mass is 378 g/mol. The number of carbonyl (C=O) groups is 1. The van der Waals surface area contributed by atoms with Crippen molar-refractivity contribution in [1.82, 2.24) is 0 Å². The molecule has 5 nitrogen and oxygen atoms in total. The first kappa shape index (κ1) is 17.9. The molecular formula is C22H19FN2O3. The lowest BCUT2D eigenvalue weighted by molar-refractivity contribution is 0.0999. The van der Waals surface area contributed by atoms with Crippen molar-refractivity contribution in [2.75, 3.05) is 24.4 Å². The number of nitrogens with zero attached hydrogens (tertiary/aromatic N) is 1. The van der Waals surface area contributed by atoms with Crippen molar-refractivity contribution in [1.29, 1.82) is 0 Å². The summed E-state index contributed by atoms with van der Waals surface area (Å²) in [4.78, 5) is 15.0. The zero-order valence-electron chi connectivity index (χ0n) is 15.7. The number of nitrogens with one attached hydrogen (secondary N) is 1. The van der Waals surface area contributed by atoms with Crippen molar-refractivity contribution in [2.45, 2.75) is 6.92 Å². The molecule has 0 bridgehead atoms. The fourth-order valence-corrected chi connectivity index (χ4v) is 3.36. The van der Waals surface area contributed by atoms with Gasteiger partial charge in [0.25, 0.3) is 5.91 Å². The first-order valence-electron chi connectivity index (χ1n) is 8.76. The Bertz CT molecular complexity index is 1080. The number of ether oxygens (including phenoxy) is 2. The minimum Gasteiger partial charge on any atom is -0.497 e. The lowest BCUT2D eigenvalue weighted by Gasteiger charge is -2.25. The maximum Gasteiger partial charge on any atom is 0.265 e. The van der Waals surface area contributed by atoms with Crippen molar-refractivity contribution in [3.8, 4) is 11.5 Å². The molecule has 28 heavy (non-hydrogen) atoms. The van der Waals surface area contributed by atoms with Crippen LogP contribution in [0.1, 0.15) is 15.9 Å². The molecule has 0 radical (unpaired) electrons. The summed E-state index contributed by atoms with van der Waals surface area (Å²) in [7, 11) is 3.01. The van der Waals surface area contributed by atoms with Crippen LogP contribution >= 0.6 is 0 Å². The van der Waals surface area contributed by atoms with Crippen LogP contribution in [0.5, 0.6) is 11.5 Å². The van der Waals surface area contributed by atoms with Gasteiger partial charge >= 0.3 is 0 Å². The van der Waals surface area contributed by atoms with Gasteiger partial charge in [-0.25, -0.2) is 4.39 Å². The van der Waals surface area contributed by atoms with Gasteiger partial charge < -0.3 is 14.8 Å². The maximum absolute atomic E-state index is 15.2. The van der Waals surface area contributed by atoms with Crippen LogP contribution in [0.15, 0.2) is 54.6 Å². The number of anilines is 4. The number of para-hydroxylation sites is 1. The first-order chi connectivity index (χ1) is 13.5. The maximum atomic E-state index is 15.2. The second-order valence-corrected chi connectivity index (χ2v) is 6.47. The average Bonchev–Trinajstić information content (AvgIpc) is 2.82. The van der Waals surface area contributed by atoms with E-state index in [2.05, 4.69) is 5.32 Å². The van der Waals surface area contributed by atoms with E-state index in [1.807, 2.05) is 25.1 Å². The number of benzene rings is 3. The normalized spacial score (nSPS) is 12.6. The number of aryl methyl sites for hydroxylation is 1. The van der Waals surface area contributed by atoms with Crippen LogP contribution in [0.25, 0.3) is 0 Å². The molecule has 4 rings (SSSR count). The largest absolute Gasteiger partial charge is 0.497 e. The second kappa shape index (κ2) is 6.88. The summed E-state index contributed by atoms with van der Waals surface area (Å²) < 4.78 is 25.7. The average molecular weight is 378 g/mol. The molecule has 1 aliphatic heterocycles. The van der Waals surface area contributed by atoms with Crippen LogP contribution in [-0.2, 0) is 0 Å². The number of fused-ring (bicyclic) bond motifs is 2. The molecule has 1 amide bonds. The minimum atomic E-state index is -0.557. The first-order valence-corrected chi connectivity index (χ1v) is 8.76. The highest BCUT2D eigenvalue weighted by Crippen LogP contribution is 2.44. The van der Waals surface area contributed by atoms with E-state index in [9.17, 15) is 4.79 Å². The van der Waals surface area contributed by atoms with E-state index >= 15 is 4.39 Å². The molecule has 0 spiro atoms. The minimum absolute atomic E-state index is 0.148. The van der Waals surface area contributed by atoms with Crippen LogP contribution in [0.3, 0.4) is 0 Å². The summed E-state index contributed by atoms with van der Waals surface area (Å²) in [5.74, 6) is -0.00252. The number of methoxy groups -OCH3 is 2. The van der Waals surface area contributed by atoms with Gasteiger partial charge in [-0.3, -0.25) is 9.69 Å². The van der Waals surface area contributed by atoms with Gasteiger partial charge in [-0.05, 0) is 36.8 Å². The Morgan fingerprint density at radius 2 is 1.68 bits per heavy atom. The highest BCUT2D eigenvalue weighted by molar-refractivity contribution is 6.18.